The molecule has 0 aromatic heterocycles. The molecule has 0 saturated carbocycles. The van der Waals surface area contributed by atoms with Crippen LogP contribution in [-0.4, -0.2) is 74.1 Å². The molecule has 2 aromatic carbocycles. The van der Waals surface area contributed by atoms with Crippen LogP contribution < -0.4 is 14.2 Å². The summed E-state index contributed by atoms with van der Waals surface area (Å²) in [6.45, 7) is 7.87. The van der Waals surface area contributed by atoms with Crippen LogP contribution in [-0.2, 0) is 9.59 Å². The van der Waals surface area contributed by atoms with Gasteiger partial charge in [0.05, 0.1) is 31.9 Å². The summed E-state index contributed by atoms with van der Waals surface area (Å²) in [5.74, 6) is 0.238. The van der Waals surface area contributed by atoms with Gasteiger partial charge in [0.2, 0.25) is 0 Å². The number of Topliss-reactive ketones (excluding diaryl/α,β-unsaturated/α-hetero) is 1. The normalized spacial score (nSPS) is 16.8. The average molecular weight is 525 g/mol. The number of aliphatic hydroxyl groups excluding tert-OH is 1. The first-order chi connectivity index (χ1) is 18.2. The zero-order valence-corrected chi connectivity index (χ0v) is 23.4. The number of carbonyl (C=O) groups excluding carboxylic acids is 2. The molecule has 0 bridgehead atoms. The van der Waals surface area contributed by atoms with Crippen LogP contribution in [0, 0.1) is 6.92 Å². The maximum absolute atomic E-state index is 13.3. The topological polar surface area (TPSA) is 88.5 Å². The van der Waals surface area contributed by atoms with Crippen molar-refractivity contribution < 1.29 is 28.9 Å². The number of nitrogens with zero attached hydrogens (tertiary/aromatic N) is 2. The molecule has 1 fully saturated rings. The van der Waals surface area contributed by atoms with Crippen LogP contribution in [0.15, 0.2) is 42.0 Å². The summed E-state index contributed by atoms with van der Waals surface area (Å²) in [5.41, 5.74) is 1.98. The lowest BCUT2D eigenvalue weighted by molar-refractivity contribution is -0.140. The van der Waals surface area contributed by atoms with Crippen LogP contribution >= 0.6 is 0 Å². The molecule has 0 radical (unpaired) electrons. The number of aliphatic hydroxyl groups is 1. The summed E-state index contributed by atoms with van der Waals surface area (Å²) in [5, 5.41) is 11.4. The molecule has 1 saturated heterocycles. The fourth-order valence-electron chi connectivity index (χ4n) is 4.54. The smallest absolute Gasteiger partial charge is 0.295 e. The molecule has 1 aliphatic rings. The minimum absolute atomic E-state index is 0.0518. The Balaban J connectivity index is 2.09. The number of ketones is 1. The van der Waals surface area contributed by atoms with Crippen molar-refractivity contribution in [1.29, 1.82) is 0 Å². The molecule has 1 amide bonds. The maximum Gasteiger partial charge on any atom is 0.295 e. The Bertz CT molecular complexity index is 1170. The Morgan fingerprint density at radius 2 is 1.74 bits per heavy atom. The van der Waals surface area contributed by atoms with Gasteiger partial charge in [-0.15, -0.1) is 0 Å². The number of likely N-dealkylation sites (tertiary alicyclic amines) is 1. The van der Waals surface area contributed by atoms with E-state index in [1.54, 1.807) is 37.4 Å². The number of unbranched alkanes of at least 4 members (excludes halogenated alkanes) is 2. The van der Waals surface area contributed by atoms with Crippen molar-refractivity contribution in [2.45, 2.75) is 46.1 Å². The molecular formula is C30H40N2O6. The lowest BCUT2D eigenvalue weighted by Gasteiger charge is -2.27. The molecule has 0 aliphatic carbocycles. The Morgan fingerprint density at radius 3 is 2.37 bits per heavy atom. The first-order valence-electron chi connectivity index (χ1n) is 13.2. The molecule has 1 unspecified atom stereocenters. The number of amides is 1. The minimum atomic E-state index is -0.773. The SMILES string of the molecule is CCCCCOc1ccc(C2C(=C(O)c3ccc(OCC)c(C)c3)C(=O)C(=O)N2CCN(C)C)cc1OC. The summed E-state index contributed by atoms with van der Waals surface area (Å²) in [6.07, 6.45) is 3.11. The van der Waals surface area contributed by atoms with E-state index in [0.717, 1.165) is 24.8 Å². The molecule has 2 aromatic rings. The molecule has 1 aliphatic heterocycles. The predicted octanol–water partition coefficient (Wildman–Crippen LogP) is 4.95. The zero-order valence-electron chi connectivity index (χ0n) is 23.4. The van der Waals surface area contributed by atoms with Crippen molar-refractivity contribution in [2.24, 2.45) is 0 Å². The highest BCUT2D eigenvalue weighted by Gasteiger charge is 2.46. The molecule has 1 heterocycles. The molecule has 8 nitrogen and oxygen atoms in total. The van der Waals surface area contributed by atoms with Crippen molar-refractivity contribution in [2.75, 3.05) is 47.5 Å². The van der Waals surface area contributed by atoms with Crippen molar-refractivity contribution in [1.82, 2.24) is 9.80 Å². The lowest BCUT2D eigenvalue weighted by atomic mass is 9.94. The van der Waals surface area contributed by atoms with E-state index < -0.39 is 17.7 Å². The van der Waals surface area contributed by atoms with E-state index in [0.29, 0.717) is 54.7 Å². The molecule has 1 N–H and O–H groups in total. The third kappa shape index (κ3) is 6.48. The van der Waals surface area contributed by atoms with E-state index in [1.807, 2.05) is 38.9 Å². The van der Waals surface area contributed by atoms with Gasteiger partial charge in [-0.05, 0) is 75.8 Å². The largest absolute Gasteiger partial charge is 0.507 e. The van der Waals surface area contributed by atoms with Gasteiger partial charge >= 0.3 is 0 Å². The first kappa shape index (κ1) is 29.0. The van der Waals surface area contributed by atoms with E-state index in [4.69, 9.17) is 14.2 Å². The standard InChI is InChI=1S/C30H40N2O6/c1-7-9-10-17-38-24-14-11-21(19-25(24)36-6)27-26(29(34)30(35)32(27)16-15-31(4)5)28(33)22-12-13-23(37-8-2)20(3)18-22/h11-14,18-19,27,33H,7-10,15-17H2,1-6H3. The number of methoxy groups -OCH3 is 1. The van der Waals surface area contributed by atoms with Crippen LogP contribution in [0.3, 0.4) is 0 Å². The third-order valence-electron chi connectivity index (χ3n) is 6.59. The van der Waals surface area contributed by atoms with Crippen LogP contribution in [0.1, 0.15) is 55.8 Å². The van der Waals surface area contributed by atoms with Gasteiger partial charge in [-0.3, -0.25) is 9.59 Å². The van der Waals surface area contributed by atoms with Gasteiger partial charge in [-0.25, -0.2) is 0 Å². The maximum atomic E-state index is 13.3. The van der Waals surface area contributed by atoms with Gasteiger partial charge < -0.3 is 29.1 Å². The highest BCUT2D eigenvalue weighted by molar-refractivity contribution is 6.46. The van der Waals surface area contributed by atoms with Gasteiger partial charge in [-0.2, -0.15) is 0 Å². The predicted molar refractivity (Wildman–Crippen MR) is 148 cm³/mol. The van der Waals surface area contributed by atoms with Crippen molar-refractivity contribution in [3.05, 3.63) is 58.7 Å². The fraction of sp³-hybridized carbons (Fsp3) is 0.467. The molecule has 8 heteroatoms. The molecule has 206 valence electrons. The summed E-state index contributed by atoms with van der Waals surface area (Å²) >= 11 is 0. The number of rotatable bonds is 13. The Kier molecular flexibility index (Phi) is 10.2. The highest BCUT2D eigenvalue weighted by Crippen LogP contribution is 2.42. The molecular weight excluding hydrogens is 484 g/mol. The van der Waals surface area contributed by atoms with Gasteiger partial charge in [0.15, 0.2) is 11.5 Å². The van der Waals surface area contributed by atoms with Gasteiger partial charge in [-0.1, -0.05) is 25.8 Å². The van der Waals surface area contributed by atoms with E-state index in [-0.39, 0.29) is 11.3 Å². The quantitative estimate of drug-likeness (QED) is 0.172. The monoisotopic (exact) mass is 524 g/mol. The average Bonchev–Trinajstić information content (AvgIpc) is 3.15. The van der Waals surface area contributed by atoms with Crippen molar-refractivity contribution in [3.8, 4) is 17.2 Å². The summed E-state index contributed by atoms with van der Waals surface area (Å²) in [4.78, 5) is 30.0. The first-order valence-corrected chi connectivity index (χ1v) is 13.2. The zero-order chi connectivity index (χ0) is 27.8. The second-order valence-electron chi connectivity index (χ2n) is 9.67. The molecule has 3 rings (SSSR count). The van der Waals surface area contributed by atoms with Crippen LogP contribution in [0.5, 0.6) is 17.2 Å². The highest BCUT2D eigenvalue weighted by atomic mass is 16.5. The van der Waals surface area contributed by atoms with E-state index in [9.17, 15) is 14.7 Å². The summed E-state index contributed by atoms with van der Waals surface area (Å²) < 4.78 is 17.2. The molecule has 1 atom stereocenters. The number of aryl methyl sites for hydroxylation is 1. The van der Waals surface area contributed by atoms with Gasteiger partial charge in [0.25, 0.3) is 11.7 Å². The van der Waals surface area contributed by atoms with Crippen molar-refractivity contribution in [3.63, 3.8) is 0 Å². The molecule has 0 spiro atoms. The van der Waals surface area contributed by atoms with Gasteiger partial charge in [0, 0.05) is 18.7 Å². The van der Waals surface area contributed by atoms with E-state index in [1.165, 1.54) is 4.90 Å². The van der Waals surface area contributed by atoms with Crippen LogP contribution in [0.25, 0.3) is 5.76 Å². The Hall–Kier alpha value is -3.52. The van der Waals surface area contributed by atoms with Crippen molar-refractivity contribution >= 4 is 17.4 Å². The number of benzene rings is 2. The Labute approximate surface area is 225 Å². The van der Waals surface area contributed by atoms with E-state index in [2.05, 4.69) is 6.92 Å². The number of hydrogen-bond acceptors (Lipinski definition) is 7. The van der Waals surface area contributed by atoms with Gasteiger partial charge in [0.1, 0.15) is 11.5 Å². The summed E-state index contributed by atoms with van der Waals surface area (Å²) in [7, 11) is 5.37. The fourth-order valence-corrected chi connectivity index (χ4v) is 4.54. The lowest BCUT2D eigenvalue weighted by Crippen LogP contribution is -2.35. The number of ether oxygens (including phenoxy) is 3. The van der Waals surface area contributed by atoms with Crippen LogP contribution in [0.2, 0.25) is 0 Å². The second kappa shape index (κ2) is 13.3. The third-order valence-corrected chi connectivity index (χ3v) is 6.59. The number of hydrogen-bond donors (Lipinski definition) is 1. The molecule has 38 heavy (non-hydrogen) atoms. The minimum Gasteiger partial charge on any atom is -0.507 e. The van der Waals surface area contributed by atoms with Crippen LogP contribution in [0.4, 0.5) is 0 Å². The summed E-state index contributed by atoms with van der Waals surface area (Å²) in [6, 6.07) is 9.86. The Morgan fingerprint density at radius 1 is 1.00 bits per heavy atom. The van der Waals surface area contributed by atoms with E-state index >= 15 is 0 Å². The second-order valence-corrected chi connectivity index (χ2v) is 9.67. The number of likely N-dealkylation sites (N-methyl/N-ethyl adjacent to an activating group) is 1. The number of carbonyl (C=O) groups is 2.